The molecule has 0 aliphatic carbocycles. The summed E-state index contributed by atoms with van der Waals surface area (Å²) in [7, 11) is 2.08. The predicted molar refractivity (Wildman–Crippen MR) is 110 cm³/mol. The number of rotatable bonds is 5. The summed E-state index contributed by atoms with van der Waals surface area (Å²) in [5, 5.41) is 8.53. The van der Waals surface area contributed by atoms with E-state index in [2.05, 4.69) is 27.2 Å². The van der Waals surface area contributed by atoms with Gasteiger partial charge in [-0.05, 0) is 49.0 Å². The molecule has 0 atom stereocenters. The fraction of sp³-hybridized carbons (Fsp3) is 0.273. The molecule has 148 valence electrons. The molecule has 0 radical (unpaired) electrons. The van der Waals surface area contributed by atoms with Gasteiger partial charge in [0.2, 0.25) is 0 Å². The van der Waals surface area contributed by atoms with Gasteiger partial charge in [0, 0.05) is 37.3 Å². The van der Waals surface area contributed by atoms with Crippen molar-refractivity contribution in [3.05, 3.63) is 72.2 Å². The van der Waals surface area contributed by atoms with Crippen LogP contribution in [0.3, 0.4) is 0 Å². The first-order valence-corrected chi connectivity index (χ1v) is 9.62. The molecule has 29 heavy (non-hydrogen) atoms. The molecule has 1 saturated heterocycles. The minimum atomic E-state index is 0.0955. The van der Waals surface area contributed by atoms with E-state index >= 15 is 0 Å². The Balaban J connectivity index is 1.32. The van der Waals surface area contributed by atoms with E-state index in [1.807, 2.05) is 53.4 Å². The van der Waals surface area contributed by atoms with Crippen LogP contribution in [0.2, 0.25) is 0 Å². The van der Waals surface area contributed by atoms with Crippen LogP contribution < -0.4 is 0 Å². The maximum absolute atomic E-state index is 12.6. The van der Waals surface area contributed by atoms with Crippen LogP contribution in [0.15, 0.2) is 75.8 Å². The topological polar surface area (TPSA) is 74.3 Å². The zero-order chi connectivity index (χ0) is 20.1. The average Bonchev–Trinajstić information content (AvgIpc) is 3.30. The van der Waals surface area contributed by atoms with Crippen LogP contribution in [0.1, 0.15) is 15.9 Å². The Labute approximate surface area is 169 Å². The van der Waals surface area contributed by atoms with Crippen molar-refractivity contribution in [3.8, 4) is 11.3 Å². The van der Waals surface area contributed by atoms with Gasteiger partial charge in [0.05, 0.1) is 18.4 Å². The second kappa shape index (κ2) is 8.79. The van der Waals surface area contributed by atoms with E-state index in [1.165, 1.54) is 6.39 Å². The lowest BCUT2D eigenvalue weighted by atomic mass is 10.1. The first-order valence-electron chi connectivity index (χ1n) is 9.62. The van der Waals surface area contributed by atoms with Gasteiger partial charge in [-0.25, -0.2) is 4.98 Å². The van der Waals surface area contributed by atoms with Gasteiger partial charge in [0.25, 0.3) is 5.91 Å². The highest BCUT2D eigenvalue weighted by molar-refractivity contribution is 5.94. The van der Waals surface area contributed by atoms with Crippen LogP contribution in [-0.2, 0) is 6.54 Å². The fourth-order valence-electron chi connectivity index (χ4n) is 3.19. The summed E-state index contributed by atoms with van der Waals surface area (Å²) in [5.41, 5.74) is 3.46. The molecule has 4 rings (SSSR count). The first-order chi connectivity index (χ1) is 14.2. The molecule has 1 aliphatic heterocycles. The van der Waals surface area contributed by atoms with Crippen molar-refractivity contribution in [1.29, 1.82) is 0 Å². The number of amides is 1. The maximum atomic E-state index is 12.6. The fourth-order valence-corrected chi connectivity index (χ4v) is 3.19. The van der Waals surface area contributed by atoms with Gasteiger partial charge in [-0.3, -0.25) is 4.79 Å². The highest BCUT2D eigenvalue weighted by Crippen LogP contribution is 2.22. The van der Waals surface area contributed by atoms with E-state index in [0.717, 1.165) is 54.3 Å². The molecule has 1 aromatic heterocycles. The van der Waals surface area contributed by atoms with Crippen LogP contribution in [0.5, 0.6) is 0 Å². The smallest absolute Gasteiger partial charge is 0.253 e. The molecule has 0 N–H and O–H groups in total. The number of azo groups is 1. The largest absolute Gasteiger partial charge is 0.444 e. The monoisotopic (exact) mass is 389 g/mol. The maximum Gasteiger partial charge on any atom is 0.253 e. The molecule has 7 nitrogen and oxygen atoms in total. The number of carbonyl (C=O) groups excluding carboxylic acids is 1. The average molecular weight is 389 g/mol. The van der Waals surface area contributed by atoms with Gasteiger partial charge < -0.3 is 14.2 Å². The molecule has 0 spiro atoms. The van der Waals surface area contributed by atoms with Crippen molar-refractivity contribution >= 4 is 11.6 Å². The van der Waals surface area contributed by atoms with Crippen molar-refractivity contribution < 1.29 is 9.21 Å². The van der Waals surface area contributed by atoms with E-state index in [-0.39, 0.29) is 5.91 Å². The summed E-state index contributed by atoms with van der Waals surface area (Å²) in [6.45, 7) is 3.86. The van der Waals surface area contributed by atoms with Crippen molar-refractivity contribution in [2.75, 3.05) is 33.2 Å². The number of benzene rings is 2. The molecule has 7 heteroatoms. The van der Waals surface area contributed by atoms with E-state index in [9.17, 15) is 4.79 Å². The van der Waals surface area contributed by atoms with Crippen molar-refractivity contribution in [2.45, 2.75) is 6.54 Å². The molecular weight excluding hydrogens is 366 g/mol. The SMILES string of the molecule is CN1CCN(C(=O)c2ccc(CN=Nc3ccc(-c4cnco4)cc3)cc2)CC1. The third-order valence-corrected chi connectivity index (χ3v) is 5.01. The van der Waals surface area contributed by atoms with Crippen LogP contribution in [0, 0.1) is 0 Å². The zero-order valence-electron chi connectivity index (χ0n) is 16.4. The molecular formula is C22H23N5O2. The summed E-state index contributed by atoms with van der Waals surface area (Å²) >= 11 is 0. The Hall–Kier alpha value is -3.32. The number of aromatic nitrogens is 1. The molecule has 1 amide bonds. The summed E-state index contributed by atoms with van der Waals surface area (Å²) in [5.74, 6) is 0.817. The van der Waals surface area contributed by atoms with E-state index in [4.69, 9.17) is 4.42 Å². The highest BCUT2D eigenvalue weighted by Gasteiger charge is 2.20. The summed E-state index contributed by atoms with van der Waals surface area (Å²) in [4.78, 5) is 20.7. The molecule has 2 aromatic carbocycles. The van der Waals surface area contributed by atoms with Gasteiger partial charge in [-0.1, -0.05) is 12.1 Å². The Morgan fingerprint density at radius 3 is 2.41 bits per heavy atom. The van der Waals surface area contributed by atoms with Gasteiger partial charge in [-0.15, -0.1) is 0 Å². The molecule has 1 aliphatic rings. The lowest BCUT2D eigenvalue weighted by molar-refractivity contribution is 0.0664. The Kier molecular flexibility index (Phi) is 5.76. The summed E-state index contributed by atoms with van der Waals surface area (Å²) in [6, 6.07) is 15.2. The quantitative estimate of drug-likeness (QED) is 0.618. The Morgan fingerprint density at radius 2 is 1.76 bits per heavy atom. The van der Waals surface area contributed by atoms with Gasteiger partial charge in [0.15, 0.2) is 12.2 Å². The van der Waals surface area contributed by atoms with Crippen LogP contribution in [-0.4, -0.2) is 53.9 Å². The number of piperazine rings is 1. The van der Waals surface area contributed by atoms with Gasteiger partial charge in [0.1, 0.15) is 0 Å². The standard InChI is InChI=1S/C22H23N5O2/c1-26-10-12-27(13-11-26)22(28)19-4-2-17(3-5-19)14-24-25-20-8-6-18(7-9-20)21-15-23-16-29-21/h2-9,15-16H,10-14H2,1H3. The van der Waals surface area contributed by atoms with Crippen LogP contribution in [0.4, 0.5) is 5.69 Å². The van der Waals surface area contributed by atoms with Crippen molar-refractivity contribution in [1.82, 2.24) is 14.8 Å². The highest BCUT2D eigenvalue weighted by atomic mass is 16.3. The molecule has 0 bridgehead atoms. The van der Waals surface area contributed by atoms with E-state index in [0.29, 0.717) is 6.54 Å². The number of oxazole rings is 1. The normalized spacial score (nSPS) is 15.1. The third kappa shape index (κ3) is 4.75. The van der Waals surface area contributed by atoms with Crippen LogP contribution >= 0.6 is 0 Å². The molecule has 1 fully saturated rings. The third-order valence-electron chi connectivity index (χ3n) is 5.01. The molecule has 0 unspecified atom stereocenters. The Morgan fingerprint density at radius 1 is 1.03 bits per heavy atom. The van der Waals surface area contributed by atoms with Crippen molar-refractivity contribution in [2.24, 2.45) is 10.2 Å². The number of likely N-dealkylation sites (N-methyl/N-ethyl adjacent to an activating group) is 1. The van der Waals surface area contributed by atoms with Crippen molar-refractivity contribution in [3.63, 3.8) is 0 Å². The van der Waals surface area contributed by atoms with Gasteiger partial charge >= 0.3 is 0 Å². The Bertz CT molecular complexity index is 957. The minimum absolute atomic E-state index is 0.0955. The number of nitrogens with zero attached hydrogens (tertiary/aromatic N) is 5. The lowest BCUT2D eigenvalue weighted by Gasteiger charge is -2.32. The van der Waals surface area contributed by atoms with Crippen LogP contribution in [0.25, 0.3) is 11.3 Å². The zero-order valence-corrected chi connectivity index (χ0v) is 16.4. The second-order valence-corrected chi connectivity index (χ2v) is 7.10. The predicted octanol–water partition coefficient (Wildman–Crippen LogP) is 4.01. The number of hydrogen-bond donors (Lipinski definition) is 0. The minimum Gasteiger partial charge on any atom is -0.444 e. The van der Waals surface area contributed by atoms with E-state index < -0.39 is 0 Å². The second-order valence-electron chi connectivity index (χ2n) is 7.10. The summed E-state index contributed by atoms with van der Waals surface area (Å²) < 4.78 is 5.27. The molecule has 2 heterocycles. The number of carbonyl (C=O) groups is 1. The first kappa shape index (κ1) is 19.0. The summed E-state index contributed by atoms with van der Waals surface area (Å²) in [6.07, 6.45) is 3.08. The molecule has 3 aromatic rings. The van der Waals surface area contributed by atoms with Gasteiger partial charge in [-0.2, -0.15) is 10.2 Å². The van der Waals surface area contributed by atoms with E-state index in [1.54, 1.807) is 6.20 Å². The molecule has 0 saturated carbocycles. The number of hydrogen-bond acceptors (Lipinski definition) is 6. The lowest BCUT2D eigenvalue weighted by Crippen LogP contribution is -2.47.